The van der Waals surface area contributed by atoms with Crippen LogP contribution in [-0.2, 0) is 4.79 Å². The molecule has 3 heterocycles. The molecule has 0 spiro atoms. The van der Waals surface area contributed by atoms with Gasteiger partial charge in [-0.15, -0.1) is 0 Å². The summed E-state index contributed by atoms with van der Waals surface area (Å²) in [5.41, 5.74) is 2.52. The van der Waals surface area contributed by atoms with Gasteiger partial charge in [-0.05, 0) is 37.1 Å². The van der Waals surface area contributed by atoms with E-state index in [2.05, 4.69) is 35.9 Å². The topological polar surface area (TPSA) is 157 Å². The molecule has 4 aromatic rings. The second-order valence-corrected chi connectivity index (χ2v) is 9.26. The Balaban J connectivity index is 1.45. The van der Waals surface area contributed by atoms with Gasteiger partial charge >= 0.3 is 6.03 Å². The molecule has 0 fully saturated rings. The first-order valence-corrected chi connectivity index (χ1v) is 13.0. The first kappa shape index (κ1) is 26.5. The summed E-state index contributed by atoms with van der Waals surface area (Å²) in [6.45, 7) is 1.42. The molecular formula is C28H30N8O4. The Labute approximate surface area is 230 Å². The van der Waals surface area contributed by atoms with Crippen molar-refractivity contribution in [2.45, 2.75) is 19.3 Å². The van der Waals surface area contributed by atoms with E-state index in [9.17, 15) is 14.7 Å². The molecule has 1 aliphatic rings. The number of carbonyl (C=O) groups excluding carboxylic acids is 2. The third-order valence-electron chi connectivity index (χ3n) is 6.38. The fourth-order valence-corrected chi connectivity index (χ4v) is 4.30. The number of aliphatic imine (C=N–C) groups is 1. The number of hydrogen-bond acceptors (Lipinski definition) is 8. The number of fused-ring (bicyclic) bond motifs is 2. The van der Waals surface area contributed by atoms with Gasteiger partial charge in [-0.3, -0.25) is 9.79 Å². The number of carbonyl (C=O) groups is 2. The predicted octanol–water partition coefficient (Wildman–Crippen LogP) is 4.49. The Kier molecular flexibility index (Phi) is 8.05. The molecule has 2 bridgehead atoms. The molecule has 2 aromatic heterocycles. The van der Waals surface area contributed by atoms with E-state index in [1.54, 1.807) is 42.3 Å². The van der Waals surface area contributed by atoms with E-state index in [0.29, 0.717) is 77.6 Å². The molecule has 40 heavy (non-hydrogen) atoms. The SMILES string of the molecule is CN1CCCNc2ncnc3[nH]c(O)c(c23)C=Nc2ccc(NC(=O)Nc3ccccc3)c(c2)OCCCC1=O. The summed E-state index contributed by atoms with van der Waals surface area (Å²) >= 11 is 0. The molecular weight excluding hydrogens is 512 g/mol. The average molecular weight is 543 g/mol. The number of H-pyrrole nitrogens is 1. The van der Waals surface area contributed by atoms with Crippen LogP contribution >= 0.6 is 0 Å². The van der Waals surface area contributed by atoms with Gasteiger partial charge in [0, 0.05) is 44.5 Å². The zero-order chi connectivity index (χ0) is 27.9. The molecule has 1 aliphatic heterocycles. The minimum atomic E-state index is -0.428. The number of aromatic amines is 1. The van der Waals surface area contributed by atoms with Crippen LogP contribution in [0, 0.1) is 0 Å². The Bertz CT molecular complexity index is 1540. The lowest BCUT2D eigenvalue weighted by Crippen LogP contribution is -2.29. The fraction of sp³-hybridized carbons (Fsp3) is 0.250. The van der Waals surface area contributed by atoms with Crippen LogP contribution in [0.25, 0.3) is 11.0 Å². The quantitative estimate of drug-likeness (QED) is 0.250. The summed E-state index contributed by atoms with van der Waals surface area (Å²) in [6.07, 6.45) is 4.48. The number of aromatic hydroxyl groups is 1. The molecule has 0 atom stereocenters. The van der Waals surface area contributed by atoms with Crippen molar-refractivity contribution in [1.82, 2.24) is 19.9 Å². The van der Waals surface area contributed by atoms with Crippen LogP contribution in [0.5, 0.6) is 11.6 Å². The average Bonchev–Trinajstić information content (AvgIpc) is 3.28. The molecule has 0 radical (unpaired) electrons. The van der Waals surface area contributed by atoms with Crippen LogP contribution in [-0.4, -0.2) is 69.9 Å². The number of rotatable bonds is 2. The molecule has 0 saturated heterocycles. The molecule has 12 nitrogen and oxygen atoms in total. The number of hydrogen-bond donors (Lipinski definition) is 5. The van der Waals surface area contributed by atoms with Gasteiger partial charge in [0.15, 0.2) is 5.88 Å². The monoisotopic (exact) mass is 542 g/mol. The molecule has 206 valence electrons. The zero-order valence-corrected chi connectivity index (χ0v) is 22.0. The van der Waals surface area contributed by atoms with Crippen LogP contribution in [0.15, 0.2) is 59.9 Å². The molecule has 3 amide bonds. The lowest BCUT2D eigenvalue weighted by molar-refractivity contribution is -0.130. The lowest BCUT2D eigenvalue weighted by atomic mass is 10.2. The number of nitrogens with one attached hydrogen (secondary N) is 4. The number of nitrogens with zero attached hydrogens (tertiary/aromatic N) is 4. The maximum atomic E-state index is 12.6. The molecule has 2 aromatic carbocycles. The zero-order valence-electron chi connectivity index (χ0n) is 22.0. The Morgan fingerprint density at radius 3 is 2.80 bits per heavy atom. The first-order valence-electron chi connectivity index (χ1n) is 13.0. The van der Waals surface area contributed by atoms with Crippen LogP contribution in [0.2, 0.25) is 0 Å². The van der Waals surface area contributed by atoms with Crippen molar-refractivity contribution in [3.63, 3.8) is 0 Å². The molecule has 5 N–H and O–H groups in total. The van der Waals surface area contributed by atoms with Gasteiger partial charge in [0.2, 0.25) is 5.91 Å². The van der Waals surface area contributed by atoms with E-state index in [-0.39, 0.29) is 18.4 Å². The smallest absolute Gasteiger partial charge is 0.323 e. The number of ether oxygens (including phenoxy) is 1. The highest BCUT2D eigenvalue weighted by molar-refractivity contribution is 6.06. The highest BCUT2D eigenvalue weighted by Gasteiger charge is 2.16. The van der Waals surface area contributed by atoms with Crippen molar-refractivity contribution >= 4 is 52.1 Å². The Morgan fingerprint density at radius 2 is 1.95 bits per heavy atom. The Morgan fingerprint density at radius 1 is 1.10 bits per heavy atom. The second kappa shape index (κ2) is 12.2. The number of anilines is 3. The van der Waals surface area contributed by atoms with E-state index in [0.717, 1.165) is 0 Å². The highest BCUT2D eigenvalue weighted by atomic mass is 16.5. The Hall–Kier alpha value is -5.13. The van der Waals surface area contributed by atoms with E-state index in [4.69, 9.17) is 4.74 Å². The van der Waals surface area contributed by atoms with Crippen LogP contribution < -0.4 is 20.7 Å². The molecule has 0 unspecified atom stereocenters. The largest absolute Gasteiger partial charge is 0.494 e. The van der Waals surface area contributed by atoms with E-state index >= 15 is 0 Å². The van der Waals surface area contributed by atoms with Crippen molar-refractivity contribution in [1.29, 1.82) is 0 Å². The standard InChI is InChI=1S/C28H30N8O4/c1-36-13-6-12-29-25-24-20(27(38)35-26(24)32-17-31-25)16-30-19-10-11-21(22(15-19)40-14-5-9-23(36)37)34-28(39)33-18-7-3-2-4-8-18/h2-4,7-8,10-11,15-17,38H,5-6,9,12-14H2,1H3,(H2,33,34,39)(H2,29,31,32,35). The third kappa shape index (κ3) is 6.29. The summed E-state index contributed by atoms with van der Waals surface area (Å²) in [5, 5.41) is 20.1. The van der Waals surface area contributed by atoms with Crippen LogP contribution in [0.3, 0.4) is 0 Å². The van der Waals surface area contributed by atoms with Gasteiger partial charge < -0.3 is 35.7 Å². The van der Waals surface area contributed by atoms with Gasteiger partial charge in [0.05, 0.1) is 28.9 Å². The molecule has 12 heteroatoms. The number of urea groups is 1. The van der Waals surface area contributed by atoms with E-state index < -0.39 is 6.03 Å². The minimum Gasteiger partial charge on any atom is -0.494 e. The minimum absolute atomic E-state index is 0.0194. The van der Waals surface area contributed by atoms with Crippen molar-refractivity contribution in [3.8, 4) is 11.6 Å². The summed E-state index contributed by atoms with van der Waals surface area (Å²) in [7, 11) is 1.78. The molecule has 5 rings (SSSR count). The summed E-state index contributed by atoms with van der Waals surface area (Å²) in [5.74, 6) is 0.875. The summed E-state index contributed by atoms with van der Waals surface area (Å²) in [6, 6.07) is 13.8. The number of benzene rings is 2. The number of para-hydroxylation sites is 1. The molecule has 0 saturated carbocycles. The number of aromatic nitrogens is 3. The third-order valence-corrected chi connectivity index (χ3v) is 6.38. The summed E-state index contributed by atoms with van der Waals surface area (Å²) < 4.78 is 6.01. The highest BCUT2D eigenvalue weighted by Crippen LogP contribution is 2.32. The maximum absolute atomic E-state index is 12.6. The first-order chi connectivity index (χ1) is 19.5. The normalized spacial score (nSPS) is 14.5. The maximum Gasteiger partial charge on any atom is 0.323 e. The lowest BCUT2D eigenvalue weighted by Gasteiger charge is -2.18. The number of amides is 3. The fourth-order valence-electron chi connectivity index (χ4n) is 4.30. The van der Waals surface area contributed by atoms with Crippen molar-refractivity contribution in [3.05, 3.63) is 60.4 Å². The van der Waals surface area contributed by atoms with Crippen molar-refractivity contribution < 1.29 is 19.4 Å². The summed E-state index contributed by atoms with van der Waals surface area (Å²) in [4.78, 5) is 42.9. The van der Waals surface area contributed by atoms with Crippen LogP contribution in [0.1, 0.15) is 24.8 Å². The second-order valence-electron chi connectivity index (χ2n) is 9.26. The van der Waals surface area contributed by atoms with Crippen LogP contribution in [0.4, 0.5) is 27.7 Å². The van der Waals surface area contributed by atoms with Gasteiger partial charge in [-0.25, -0.2) is 14.8 Å². The molecule has 0 aliphatic carbocycles. The van der Waals surface area contributed by atoms with Gasteiger partial charge in [0.1, 0.15) is 23.5 Å². The van der Waals surface area contributed by atoms with Gasteiger partial charge in [-0.2, -0.15) is 0 Å². The van der Waals surface area contributed by atoms with Crippen molar-refractivity contribution in [2.75, 3.05) is 42.7 Å². The van der Waals surface area contributed by atoms with E-state index in [1.807, 2.05) is 18.2 Å². The van der Waals surface area contributed by atoms with E-state index in [1.165, 1.54) is 12.5 Å². The predicted molar refractivity (Wildman–Crippen MR) is 154 cm³/mol. The van der Waals surface area contributed by atoms with Crippen molar-refractivity contribution in [2.24, 2.45) is 4.99 Å². The van der Waals surface area contributed by atoms with Gasteiger partial charge in [-0.1, -0.05) is 18.2 Å². The van der Waals surface area contributed by atoms with Gasteiger partial charge in [0.25, 0.3) is 0 Å².